The average Bonchev–Trinajstić information content (AvgIpc) is 2.65. The van der Waals surface area contributed by atoms with Gasteiger partial charge in [0, 0.05) is 18.1 Å². The molecule has 2 rings (SSSR count). The van der Waals surface area contributed by atoms with Crippen LogP contribution in [0.25, 0.3) is 0 Å². The Morgan fingerprint density at radius 1 is 1.42 bits per heavy atom. The van der Waals surface area contributed by atoms with Gasteiger partial charge in [-0.2, -0.15) is 0 Å². The van der Waals surface area contributed by atoms with Gasteiger partial charge >= 0.3 is 5.97 Å². The predicted molar refractivity (Wildman–Crippen MR) is 97.6 cm³/mol. The van der Waals surface area contributed by atoms with E-state index in [-0.39, 0.29) is 0 Å². The molecule has 6 nitrogen and oxygen atoms in total. The van der Waals surface area contributed by atoms with Crippen molar-refractivity contribution in [1.82, 2.24) is 5.06 Å². The summed E-state index contributed by atoms with van der Waals surface area (Å²) in [5, 5.41) is 11.4. The van der Waals surface area contributed by atoms with E-state index in [1.165, 1.54) is 0 Å². The van der Waals surface area contributed by atoms with E-state index < -0.39 is 24.2 Å². The number of amides is 1. The number of ether oxygens (including phenoxy) is 1. The van der Waals surface area contributed by atoms with E-state index in [2.05, 4.69) is 0 Å². The molecule has 1 aliphatic rings. The molecule has 0 radical (unpaired) electrons. The van der Waals surface area contributed by atoms with E-state index in [1.54, 1.807) is 6.92 Å². The number of carboxylic acid groups (broad SMARTS) is 1. The number of hydroxylamine groups is 2. The van der Waals surface area contributed by atoms with Gasteiger partial charge in [0.05, 0.1) is 12.0 Å². The second kappa shape index (κ2) is 10.5. The summed E-state index contributed by atoms with van der Waals surface area (Å²) in [7, 11) is 0. The number of nitrogens with zero attached hydrogens (tertiary/aromatic N) is 1. The molecule has 1 aromatic rings. The lowest BCUT2D eigenvalue weighted by molar-refractivity contribution is -0.288. The van der Waals surface area contributed by atoms with Gasteiger partial charge in [-0.3, -0.25) is 9.59 Å². The van der Waals surface area contributed by atoms with Gasteiger partial charge in [-0.05, 0) is 56.7 Å². The Morgan fingerprint density at radius 2 is 2.15 bits per heavy atom. The van der Waals surface area contributed by atoms with E-state index in [0.29, 0.717) is 37.3 Å². The first-order chi connectivity index (χ1) is 12.5. The van der Waals surface area contributed by atoms with Crippen LogP contribution < -0.4 is 0 Å². The topological polar surface area (TPSA) is 76.1 Å². The van der Waals surface area contributed by atoms with Crippen LogP contribution in [0.15, 0.2) is 24.3 Å². The first-order valence-corrected chi connectivity index (χ1v) is 9.38. The molecule has 1 aliphatic heterocycles. The fourth-order valence-corrected chi connectivity index (χ4v) is 3.20. The van der Waals surface area contributed by atoms with E-state index in [9.17, 15) is 14.7 Å². The molecule has 0 aromatic heterocycles. The number of rotatable bonds is 10. The van der Waals surface area contributed by atoms with E-state index >= 15 is 0 Å². The van der Waals surface area contributed by atoms with Crippen molar-refractivity contribution in [1.29, 1.82) is 0 Å². The predicted octanol–water partition coefficient (Wildman–Crippen LogP) is 3.67. The lowest BCUT2D eigenvalue weighted by Gasteiger charge is -2.33. The largest absolute Gasteiger partial charge is 0.481 e. The van der Waals surface area contributed by atoms with Gasteiger partial charge in [-0.1, -0.05) is 23.7 Å². The summed E-state index contributed by atoms with van der Waals surface area (Å²) in [6, 6.07) is 6.92. The van der Waals surface area contributed by atoms with Gasteiger partial charge in [0.25, 0.3) is 0 Å². The van der Waals surface area contributed by atoms with Crippen molar-refractivity contribution in [3.05, 3.63) is 34.9 Å². The Morgan fingerprint density at radius 3 is 2.73 bits per heavy atom. The van der Waals surface area contributed by atoms with Gasteiger partial charge in [0.2, 0.25) is 6.41 Å². The van der Waals surface area contributed by atoms with Crippen LogP contribution in [0.2, 0.25) is 5.02 Å². The third kappa shape index (κ3) is 6.27. The van der Waals surface area contributed by atoms with Gasteiger partial charge in [0.1, 0.15) is 0 Å². The van der Waals surface area contributed by atoms with Gasteiger partial charge in [-0.15, -0.1) is 0 Å². The molecule has 1 saturated heterocycles. The van der Waals surface area contributed by atoms with Crippen molar-refractivity contribution >= 4 is 24.0 Å². The quantitative estimate of drug-likeness (QED) is 0.492. The Bertz CT molecular complexity index is 574. The second-order valence-corrected chi connectivity index (χ2v) is 7.01. The number of aryl methyl sites for hydroxylation is 1. The highest BCUT2D eigenvalue weighted by Gasteiger charge is 2.31. The third-order valence-electron chi connectivity index (χ3n) is 4.68. The molecule has 26 heavy (non-hydrogen) atoms. The molecule has 3 unspecified atom stereocenters. The van der Waals surface area contributed by atoms with Crippen LogP contribution >= 0.6 is 11.6 Å². The summed E-state index contributed by atoms with van der Waals surface area (Å²) >= 11 is 5.87. The minimum absolute atomic E-state index is 0.443. The summed E-state index contributed by atoms with van der Waals surface area (Å²) in [6.45, 7) is 2.29. The van der Waals surface area contributed by atoms with Crippen LogP contribution in [-0.2, 0) is 25.6 Å². The number of benzene rings is 1. The lowest BCUT2D eigenvalue weighted by Crippen LogP contribution is -2.44. The SMILES string of the molecule is CC(C(CCCc1ccc(Cl)cc1)C(=O)O)N(C=O)OC1CCCCO1. The molecule has 0 bridgehead atoms. The molecule has 7 heteroatoms. The molecular weight excluding hydrogens is 358 g/mol. The van der Waals surface area contributed by atoms with E-state index in [4.69, 9.17) is 21.2 Å². The average molecular weight is 384 g/mol. The molecule has 1 fully saturated rings. The zero-order valence-electron chi connectivity index (χ0n) is 15.0. The Labute approximate surface area is 159 Å². The van der Waals surface area contributed by atoms with Gasteiger partial charge in [-0.25, -0.2) is 9.90 Å². The fraction of sp³-hybridized carbons (Fsp3) is 0.579. The van der Waals surface area contributed by atoms with Crippen LogP contribution in [0.1, 0.15) is 44.6 Å². The zero-order chi connectivity index (χ0) is 18.9. The molecular formula is C19H26ClNO5. The molecule has 1 N–H and O–H groups in total. The standard InChI is InChI=1S/C19H26ClNO5/c1-14(21(13-22)26-18-7-2-3-12-25-18)17(19(23)24)6-4-5-15-8-10-16(20)11-9-15/h8-11,13-14,17-18H,2-7,12H2,1H3,(H,23,24). The highest BCUT2D eigenvalue weighted by atomic mass is 35.5. The fourth-order valence-electron chi connectivity index (χ4n) is 3.07. The van der Waals surface area contributed by atoms with Crippen molar-refractivity contribution < 1.29 is 24.3 Å². The summed E-state index contributed by atoms with van der Waals surface area (Å²) in [5.41, 5.74) is 1.10. The lowest BCUT2D eigenvalue weighted by atomic mass is 9.93. The molecule has 1 aromatic carbocycles. The van der Waals surface area contributed by atoms with Gasteiger partial charge < -0.3 is 9.84 Å². The highest BCUT2D eigenvalue weighted by Crippen LogP contribution is 2.22. The van der Waals surface area contributed by atoms with Crippen LogP contribution in [0, 0.1) is 5.92 Å². The maximum atomic E-state index is 11.7. The molecule has 1 heterocycles. The molecule has 1 amide bonds. The van der Waals surface area contributed by atoms with Crippen molar-refractivity contribution in [2.45, 2.75) is 57.8 Å². The number of aliphatic carboxylic acids is 1. The Balaban J connectivity index is 1.89. The zero-order valence-corrected chi connectivity index (χ0v) is 15.7. The number of halogens is 1. The van der Waals surface area contributed by atoms with E-state index in [0.717, 1.165) is 29.9 Å². The Kier molecular flexibility index (Phi) is 8.35. The number of hydrogen-bond acceptors (Lipinski definition) is 4. The van der Waals surface area contributed by atoms with Crippen LogP contribution in [0.3, 0.4) is 0 Å². The normalized spacial score (nSPS) is 19.5. The molecule has 0 saturated carbocycles. The molecule has 0 aliphatic carbocycles. The molecule has 3 atom stereocenters. The number of carboxylic acids is 1. The summed E-state index contributed by atoms with van der Waals surface area (Å²) in [4.78, 5) is 28.7. The summed E-state index contributed by atoms with van der Waals surface area (Å²) in [6.07, 6.45) is 4.58. The van der Waals surface area contributed by atoms with Crippen LogP contribution in [-0.4, -0.2) is 41.5 Å². The highest BCUT2D eigenvalue weighted by molar-refractivity contribution is 6.30. The maximum Gasteiger partial charge on any atom is 0.308 e. The van der Waals surface area contributed by atoms with Crippen molar-refractivity contribution in [3.8, 4) is 0 Å². The monoisotopic (exact) mass is 383 g/mol. The second-order valence-electron chi connectivity index (χ2n) is 6.57. The Hall–Kier alpha value is -1.63. The number of carbonyl (C=O) groups excluding carboxylic acids is 1. The molecule has 0 spiro atoms. The smallest absolute Gasteiger partial charge is 0.308 e. The summed E-state index contributed by atoms with van der Waals surface area (Å²) < 4.78 is 5.47. The van der Waals surface area contributed by atoms with Crippen molar-refractivity contribution in [2.24, 2.45) is 5.92 Å². The first kappa shape index (κ1) is 20.7. The number of carbonyl (C=O) groups is 2. The van der Waals surface area contributed by atoms with Crippen molar-refractivity contribution in [2.75, 3.05) is 6.61 Å². The van der Waals surface area contributed by atoms with Crippen LogP contribution in [0.4, 0.5) is 0 Å². The summed E-state index contributed by atoms with van der Waals surface area (Å²) in [5.74, 6) is -1.65. The van der Waals surface area contributed by atoms with E-state index in [1.807, 2.05) is 24.3 Å². The first-order valence-electron chi connectivity index (χ1n) is 9.00. The maximum absolute atomic E-state index is 11.7. The van der Waals surface area contributed by atoms with Crippen molar-refractivity contribution in [3.63, 3.8) is 0 Å². The minimum atomic E-state index is -0.936. The van der Waals surface area contributed by atoms with Gasteiger partial charge in [0.15, 0.2) is 6.29 Å². The molecule has 144 valence electrons. The van der Waals surface area contributed by atoms with Crippen LogP contribution in [0.5, 0.6) is 0 Å². The minimum Gasteiger partial charge on any atom is -0.481 e. The third-order valence-corrected chi connectivity index (χ3v) is 4.93. The number of hydrogen-bond donors (Lipinski definition) is 1.